The van der Waals surface area contributed by atoms with Gasteiger partial charge < -0.3 is 15.2 Å². The van der Waals surface area contributed by atoms with Crippen LogP contribution < -0.4 is 5.32 Å². The van der Waals surface area contributed by atoms with Gasteiger partial charge in [-0.1, -0.05) is 19.1 Å². The van der Waals surface area contributed by atoms with Gasteiger partial charge in [-0.2, -0.15) is 5.26 Å². The molecule has 1 aliphatic heterocycles. The average Bonchev–Trinajstić information content (AvgIpc) is 2.40. The molecule has 0 aromatic heterocycles. The van der Waals surface area contributed by atoms with Crippen molar-refractivity contribution in [2.75, 3.05) is 31.7 Å². The molecule has 0 spiro atoms. The molecule has 0 bridgehead atoms. The summed E-state index contributed by atoms with van der Waals surface area (Å²) in [4.78, 5) is 1.14. The first-order valence-electron chi connectivity index (χ1n) is 6.74. The zero-order valence-electron chi connectivity index (χ0n) is 11.6. The molecule has 0 radical (unpaired) electrons. The highest BCUT2D eigenvalue weighted by atomic mass is 32.2. The second-order valence-corrected chi connectivity index (χ2v) is 6.77. The molecule has 20 heavy (non-hydrogen) atoms. The molecule has 1 aliphatic rings. The summed E-state index contributed by atoms with van der Waals surface area (Å²) in [5, 5.41) is 21.9. The number of hydrogen-bond acceptors (Lipinski definition) is 5. The highest BCUT2D eigenvalue weighted by Gasteiger charge is 2.37. The molecular weight excluding hydrogens is 272 g/mol. The van der Waals surface area contributed by atoms with Gasteiger partial charge in [-0.05, 0) is 12.1 Å². The molecule has 1 unspecified atom stereocenters. The van der Waals surface area contributed by atoms with Crippen molar-refractivity contribution in [1.29, 1.82) is 5.26 Å². The molecule has 1 aromatic rings. The Bertz CT molecular complexity index is 477. The van der Waals surface area contributed by atoms with Crippen molar-refractivity contribution < 1.29 is 9.84 Å². The Labute approximate surface area is 124 Å². The minimum Gasteiger partial charge on any atom is -0.396 e. The van der Waals surface area contributed by atoms with Gasteiger partial charge in [0.2, 0.25) is 0 Å². The van der Waals surface area contributed by atoms with E-state index in [0.717, 1.165) is 10.6 Å². The third-order valence-electron chi connectivity index (χ3n) is 3.40. The molecule has 2 N–H and O–H groups in total. The largest absolute Gasteiger partial charge is 0.396 e. The number of nitrogens with zero attached hydrogens (tertiary/aromatic N) is 1. The number of anilines is 1. The van der Waals surface area contributed by atoms with Crippen molar-refractivity contribution in [3.8, 4) is 6.07 Å². The van der Waals surface area contributed by atoms with Crippen molar-refractivity contribution in [3.63, 3.8) is 0 Å². The highest BCUT2D eigenvalue weighted by molar-refractivity contribution is 8.00. The number of nitrogens with one attached hydrogen (secondary N) is 1. The Hall–Kier alpha value is -1.22. The van der Waals surface area contributed by atoms with Gasteiger partial charge in [0.15, 0.2) is 0 Å². The van der Waals surface area contributed by atoms with E-state index < -0.39 is 0 Å². The van der Waals surface area contributed by atoms with Crippen LogP contribution in [0.15, 0.2) is 29.2 Å². The fourth-order valence-corrected chi connectivity index (χ4v) is 3.04. The Morgan fingerprint density at radius 1 is 1.50 bits per heavy atom. The smallest absolute Gasteiger partial charge is 0.0633 e. The van der Waals surface area contributed by atoms with Crippen LogP contribution in [0.1, 0.15) is 13.3 Å². The highest BCUT2D eigenvalue weighted by Crippen LogP contribution is 2.33. The van der Waals surface area contributed by atoms with E-state index in [0.29, 0.717) is 26.2 Å². The van der Waals surface area contributed by atoms with Gasteiger partial charge in [-0.25, -0.2) is 0 Å². The maximum atomic E-state index is 9.44. The quantitative estimate of drug-likeness (QED) is 0.756. The minimum absolute atomic E-state index is 0.139. The van der Waals surface area contributed by atoms with E-state index in [1.807, 2.05) is 18.2 Å². The number of aliphatic hydroxyl groups excluding tert-OH is 1. The summed E-state index contributed by atoms with van der Waals surface area (Å²) >= 11 is 1.70. The molecule has 1 fully saturated rings. The number of ether oxygens (including phenoxy) is 1. The molecule has 108 valence electrons. The zero-order valence-corrected chi connectivity index (χ0v) is 12.4. The lowest BCUT2D eigenvalue weighted by molar-refractivity contribution is -0.128. The Morgan fingerprint density at radius 2 is 2.25 bits per heavy atom. The first-order valence-corrected chi connectivity index (χ1v) is 7.62. The van der Waals surface area contributed by atoms with E-state index >= 15 is 0 Å². The number of thioether (sulfide) groups is 1. The van der Waals surface area contributed by atoms with Gasteiger partial charge >= 0.3 is 0 Å². The van der Waals surface area contributed by atoms with Crippen LogP contribution in [0.2, 0.25) is 0 Å². The van der Waals surface area contributed by atoms with Crippen LogP contribution in [0.4, 0.5) is 5.69 Å². The molecule has 0 aliphatic carbocycles. The normalized spacial score (nSPS) is 17.9. The maximum Gasteiger partial charge on any atom is 0.0633 e. The van der Waals surface area contributed by atoms with Gasteiger partial charge in [-0.15, -0.1) is 11.8 Å². The molecule has 1 atom stereocenters. The van der Waals surface area contributed by atoms with Crippen molar-refractivity contribution in [3.05, 3.63) is 24.3 Å². The summed E-state index contributed by atoms with van der Waals surface area (Å²) in [5.41, 5.74) is 0.915. The maximum absolute atomic E-state index is 9.44. The summed E-state index contributed by atoms with van der Waals surface area (Å²) in [6.45, 7) is 4.11. The van der Waals surface area contributed by atoms with Crippen LogP contribution in [0.5, 0.6) is 0 Å². The number of aliphatic hydroxyl groups is 1. The van der Waals surface area contributed by atoms with E-state index in [-0.39, 0.29) is 17.3 Å². The van der Waals surface area contributed by atoms with Gasteiger partial charge in [0.05, 0.1) is 31.3 Å². The third kappa shape index (κ3) is 3.66. The molecule has 5 heteroatoms. The Morgan fingerprint density at radius 3 is 2.85 bits per heavy atom. The lowest BCUT2D eigenvalue weighted by Gasteiger charge is -2.40. The van der Waals surface area contributed by atoms with E-state index in [2.05, 4.69) is 24.4 Å². The van der Waals surface area contributed by atoms with E-state index in [4.69, 9.17) is 10.00 Å². The van der Waals surface area contributed by atoms with Crippen LogP contribution in [0.3, 0.4) is 0 Å². The predicted octanol–water partition coefficient (Wildman–Crippen LogP) is 2.50. The molecule has 2 rings (SSSR count). The van der Waals surface area contributed by atoms with Crippen molar-refractivity contribution in [2.45, 2.75) is 23.5 Å². The first kappa shape index (κ1) is 15.2. The molecule has 0 amide bonds. The third-order valence-corrected chi connectivity index (χ3v) is 4.58. The van der Waals surface area contributed by atoms with E-state index in [9.17, 15) is 5.11 Å². The van der Waals surface area contributed by atoms with E-state index in [1.165, 1.54) is 0 Å². The first-order chi connectivity index (χ1) is 9.69. The van der Waals surface area contributed by atoms with Gasteiger partial charge in [0, 0.05) is 28.8 Å². The summed E-state index contributed by atoms with van der Waals surface area (Å²) in [6, 6.07) is 10.3. The molecule has 1 aromatic carbocycles. The van der Waals surface area contributed by atoms with Crippen molar-refractivity contribution in [1.82, 2.24) is 0 Å². The van der Waals surface area contributed by atoms with Gasteiger partial charge in [0.1, 0.15) is 0 Å². The molecule has 1 saturated heterocycles. The van der Waals surface area contributed by atoms with Crippen LogP contribution in [-0.4, -0.2) is 36.7 Å². The van der Waals surface area contributed by atoms with Crippen LogP contribution in [0.25, 0.3) is 0 Å². The lowest BCUT2D eigenvalue weighted by atomic mass is 9.87. The number of benzene rings is 1. The summed E-state index contributed by atoms with van der Waals surface area (Å²) < 4.78 is 5.20. The molecule has 4 nitrogen and oxygen atoms in total. The lowest BCUT2D eigenvalue weighted by Crippen LogP contribution is -2.50. The summed E-state index contributed by atoms with van der Waals surface area (Å²) in [6.07, 6.45) is 0.535. The Balaban J connectivity index is 1.99. The minimum atomic E-state index is -0.143. The van der Waals surface area contributed by atoms with Crippen molar-refractivity contribution in [2.24, 2.45) is 5.41 Å². The Kier molecular flexibility index (Phi) is 5.30. The number of rotatable bonds is 7. The number of hydrogen-bond donors (Lipinski definition) is 2. The number of nitriles is 1. The summed E-state index contributed by atoms with van der Waals surface area (Å²) in [7, 11) is 0. The van der Waals surface area contributed by atoms with Gasteiger partial charge in [-0.3, -0.25) is 0 Å². The van der Waals surface area contributed by atoms with E-state index in [1.54, 1.807) is 11.8 Å². The van der Waals surface area contributed by atoms with Crippen LogP contribution in [0, 0.1) is 16.7 Å². The molecule has 1 heterocycles. The second kappa shape index (κ2) is 6.98. The summed E-state index contributed by atoms with van der Waals surface area (Å²) in [5.74, 6) is 0. The fraction of sp³-hybridized carbons (Fsp3) is 0.533. The number of para-hydroxylation sites is 1. The topological polar surface area (TPSA) is 65.3 Å². The SMILES string of the molecule is CC(CC#N)Sc1ccccc1NCC1(CO)COC1. The fourth-order valence-electron chi connectivity index (χ4n) is 2.03. The average molecular weight is 292 g/mol. The van der Waals surface area contributed by atoms with Crippen LogP contribution >= 0.6 is 11.8 Å². The van der Waals surface area contributed by atoms with Crippen molar-refractivity contribution >= 4 is 17.4 Å². The molecule has 0 saturated carbocycles. The zero-order chi connectivity index (χ0) is 14.4. The van der Waals surface area contributed by atoms with Crippen LogP contribution in [-0.2, 0) is 4.74 Å². The molecular formula is C15H20N2O2S. The monoisotopic (exact) mass is 292 g/mol. The second-order valence-electron chi connectivity index (χ2n) is 5.29. The predicted molar refractivity (Wildman–Crippen MR) is 80.8 cm³/mol. The standard InChI is InChI=1S/C15H20N2O2S/c1-12(6-7-16)20-14-5-3-2-4-13(14)17-8-15(9-18)10-19-11-15/h2-5,12,17-18H,6,8-11H2,1H3. The van der Waals surface area contributed by atoms with Gasteiger partial charge in [0.25, 0.3) is 0 Å².